The number of hydrogen-bond donors (Lipinski definition) is 1. The first-order chi connectivity index (χ1) is 10.7. The van der Waals surface area contributed by atoms with Crippen LogP contribution in [0.15, 0.2) is 42.7 Å². The van der Waals surface area contributed by atoms with Gasteiger partial charge in [0.05, 0.1) is 13.2 Å². The van der Waals surface area contributed by atoms with Crippen LogP contribution in [0.4, 0.5) is 10.5 Å². The number of amides is 2. The number of benzene rings is 1. The number of aromatic nitrogens is 1. The van der Waals surface area contributed by atoms with Crippen LogP contribution in [-0.2, 0) is 6.42 Å². The molecule has 1 aliphatic heterocycles. The quantitative estimate of drug-likeness (QED) is 0.947. The van der Waals surface area contributed by atoms with Gasteiger partial charge in [-0.25, -0.2) is 4.79 Å². The van der Waals surface area contributed by atoms with Gasteiger partial charge >= 0.3 is 6.03 Å². The summed E-state index contributed by atoms with van der Waals surface area (Å²) >= 11 is 0. The molecule has 5 heteroatoms. The second kappa shape index (κ2) is 6.05. The molecule has 1 atom stereocenters. The van der Waals surface area contributed by atoms with Crippen LogP contribution < -0.4 is 15.0 Å². The number of pyridine rings is 1. The van der Waals surface area contributed by atoms with Crippen molar-refractivity contribution in [2.45, 2.75) is 19.4 Å². The highest BCUT2D eigenvalue weighted by molar-refractivity contribution is 5.94. The van der Waals surface area contributed by atoms with E-state index in [0.29, 0.717) is 6.54 Å². The number of nitrogens with one attached hydrogen (secondary N) is 1. The molecule has 0 radical (unpaired) electrons. The molecule has 2 aromatic rings. The van der Waals surface area contributed by atoms with Crippen LogP contribution >= 0.6 is 0 Å². The lowest BCUT2D eigenvalue weighted by atomic mass is 10.1. The smallest absolute Gasteiger partial charge is 0.322 e. The van der Waals surface area contributed by atoms with Crippen LogP contribution in [0.5, 0.6) is 5.75 Å². The number of fused-ring (bicyclic) bond motifs is 1. The summed E-state index contributed by atoms with van der Waals surface area (Å²) in [7, 11) is 1.65. The van der Waals surface area contributed by atoms with Gasteiger partial charge in [-0.05, 0) is 48.7 Å². The zero-order chi connectivity index (χ0) is 15.5. The van der Waals surface area contributed by atoms with Gasteiger partial charge in [0.2, 0.25) is 0 Å². The minimum Gasteiger partial charge on any atom is -0.497 e. The zero-order valence-electron chi connectivity index (χ0n) is 12.7. The molecule has 0 saturated carbocycles. The van der Waals surface area contributed by atoms with Gasteiger partial charge in [-0.3, -0.25) is 9.88 Å². The maximum atomic E-state index is 12.5. The Morgan fingerprint density at radius 3 is 3.00 bits per heavy atom. The van der Waals surface area contributed by atoms with Crippen LogP contribution in [0, 0.1) is 0 Å². The molecule has 0 saturated heterocycles. The van der Waals surface area contributed by atoms with Gasteiger partial charge in [-0.15, -0.1) is 0 Å². The fraction of sp³-hybridized carbons (Fsp3) is 0.294. The molecule has 22 heavy (non-hydrogen) atoms. The minimum absolute atomic E-state index is 0.0801. The van der Waals surface area contributed by atoms with Gasteiger partial charge in [0, 0.05) is 24.6 Å². The first-order valence-corrected chi connectivity index (χ1v) is 7.34. The molecule has 2 amide bonds. The average molecular weight is 297 g/mol. The molecule has 1 aliphatic rings. The Hall–Kier alpha value is -2.56. The number of carbonyl (C=O) groups is 1. The Labute approximate surface area is 129 Å². The van der Waals surface area contributed by atoms with Gasteiger partial charge in [-0.1, -0.05) is 6.07 Å². The van der Waals surface area contributed by atoms with Gasteiger partial charge in [0.25, 0.3) is 0 Å². The second-order valence-corrected chi connectivity index (χ2v) is 5.35. The largest absolute Gasteiger partial charge is 0.497 e. The summed E-state index contributed by atoms with van der Waals surface area (Å²) < 4.78 is 5.23. The van der Waals surface area contributed by atoms with E-state index < -0.39 is 0 Å². The summed E-state index contributed by atoms with van der Waals surface area (Å²) in [5, 5.41) is 3.02. The number of urea groups is 1. The summed E-state index contributed by atoms with van der Waals surface area (Å²) in [4.78, 5) is 18.4. The van der Waals surface area contributed by atoms with Crippen molar-refractivity contribution < 1.29 is 9.53 Å². The molecule has 1 aromatic heterocycles. The van der Waals surface area contributed by atoms with E-state index in [1.807, 2.05) is 37.3 Å². The average Bonchev–Trinajstić information content (AvgIpc) is 2.98. The van der Waals surface area contributed by atoms with Gasteiger partial charge in [-0.2, -0.15) is 0 Å². The SMILES string of the molecule is COc1ccc2c(c1)CCN2C(=O)NC(C)c1cccnc1. The monoisotopic (exact) mass is 297 g/mol. The molecular formula is C17H19N3O2. The maximum absolute atomic E-state index is 12.5. The van der Waals surface area contributed by atoms with E-state index >= 15 is 0 Å². The molecule has 3 rings (SSSR count). The third kappa shape index (κ3) is 2.74. The highest BCUT2D eigenvalue weighted by Crippen LogP contribution is 2.31. The van der Waals surface area contributed by atoms with E-state index in [1.54, 1.807) is 24.4 Å². The molecule has 0 spiro atoms. The Morgan fingerprint density at radius 1 is 1.41 bits per heavy atom. The molecule has 1 N–H and O–H groups in total. The molecule has 1 aromatic carbocycles. The van der Waals surface area contributed by atoms with Crippen LogP contribution in [-0.4, -0.2) is 24.7 Å². The number of carbonyl (C=O) groups excluding carboxylic acids is 1. The van der Waals surface area contributed by atoms with Crippen LogP contribution in [0.25, 0.3) is 0 Å². The normalized spacial score (nSPS) is 14.4. The summed E-state index contributed by atoms with van der Waals surface area (Å²) in [6.07, 6.45) is 4.34. The molecular weight excluding hydrogens is 278 g/mol. The summed E-state index contributed by atoms with van der Waals surface area (Å²) in [6.45, 7) is 2.65. The van der Waals surface area contributed by atoms with Crippen molar-refractivity contribution in [2.75, 3.05) is 18.6 Å². The van der Waals surface area contributed by atoms with Crippen LogP contribution in [0.3, 0.4) is 0 Å². The van der Waals surface area contributed by atoms with Crippen molar-refractivity contribution in [3.63, 3.8) is 0 Å². The van der Waals surface area contributed by atoms with Crippen molar-refractivity contribution in [1.82, 2.24) is 10.3 Å². The van der Waals surface area contributed by atoms with Crippen molar-refractivity contribution in [2.24, 2.45) is 0 Å². The summed E-state index contributed by atoms with van der Waals surface area (Å²) in [6, 6.07) is 9.48. The van der Waals surface area contributed by atoms with E-state index in [0.717, 1.165) is 29.0 Å². The lowest BCUT2D eigenvalue weighted by molar-refractivity contribution is 0.244. The lowest BCUT2D eigenvalue weighted by Crippen LogP contribution is -2.40. The van der Waals surface area contributed by atoms with E-state index in [1.165, 1.54) is 0 Å². The number of nitrogens with zero attached hydrogens (tertiary/aromatic N) is 2. The van der Waals surface area contributed by atoms with Crippen molar-refractivity contribution in [3.05, 3.63) is 53.9 Å². The highest BCUT2D eigenvalue weighted by Gasteiger charge is 2.26. The number of anilines is 1. The van der Waals surface area contributed by atoms with Gasteiger partial charge in [0.1, 0.15) is 5.75 Å². The predicted molar refractivity (Wildman–Crippen MR) is 85.2 cm³/mol. The number of hydrogen-bond acceptors (Lipinski definition) is 3. The fourth-order valence-corrected chi connectivity index (χ4v) is 2.69. The topological polar surface area (TPSA) is 54.5 Å². The summed E-state index contributed by atoms with van der Waals surface area (Å²) in [5.41, 5.74) is 3.09. The molecule has 5 nitrogen and oxygen atoms in total. The van der Waals surface area contributed by atoms with E-state index in [9.17, 15) is 4.79 Å². The van der Waals surface area contributed by atoms with E-state index in [2.05, 4.69) is 10.3 Å². The standard InChI is InChI=1S/C17H19N3O2/c1-12(14-4-3-8-18-11-14)19-17(21)20-9-7-13-10-15(22-2)5-6-16(13)20/h3-6,8,10-12H,7,9H2,1-2H3,(H,19,21). The highest BCUT2D eigenvalue weighted by atomic mass is 16.5. The third-order valence-electron chi connectivity index (χ3n) is 3.95. The molecule has 114 valence electrons. The molecule has 0 fully saturated rings. The number of ether oxygens (including phenoxy) is 1. The molecule has 0 bridgehead atoms. The maximum Gasteiger partial charge on any atom is 0.322 e. The zero-order valence-corrected chi connectivity index (χ0v) is 12.7. The van der Waals surface area contributed by atoms with E-state index in [-0.39, 0.29) is 12.1 Å². The van der Waals surface area contributed by atoms with Crippen molar-refractivity contribution >= 4 is 11.7 Å². The first kappa shape index (κ1) is 14.4. The lowest BCUT2D eigenvalue weighted by Gasteiger charge is -2.21. The molecule has 2 heterocycles. The predicted octanol–water partition coefficient (Wildman–Crippen LogP) is 2.92. The number of rotatable bonds is 3. The third-order valence-corrected chi connectivity index (χ3v) is 3.95. The Morgan fingerprint density at radius 2 is 2.27 bits per heavy atom. The van der Waals surface area contributed by atoms with Crippen molar-refractivity contribution in [1.29, 1.82) is 0 Å². The molecule has 1 unspecified atom stereocenters. The second-order valence-electron chi connectivity index (χ2n) is 5.35. The van der Waals surface area contributed by atoms with Crippen LogP contribution in [0.1, 0.15) is 24.1 Å². The number of methoxy groups -OCH3 is 1. The Balaban J connectivity index is 1.73. The Bertz CT molecular complexity index is 673. The Kier molecular flexibility index (Phi) is 3.96. The summed E-state index contributed by atoms with van der Waals surface area (Å²) in [5.74, 6) is 0.824. The van der Waals surface area contributed by atoms with Gasteiger partial charge in [0.15, 0.2) is 0 Å². The van der Waals surface area contributed by atoms with Gasteiger partial charge < -0.3 is 10.1 Å². The fourth-order valence-electron chi connectivity index (χ4n) is 2.69. The van der Waals surface area contributed by atoms with Crippen LogP contribution in [0.2, 0.25) is 0 Å². The minimum atomic E-state index is -0.0831. The van der Waals surface area contributed by atoms with E-state index in [4.69, 9.17) is 4.74 Å². The molecule has 0 aliphatic carbocycles. The van der Waals surface area contributed by atoms with Crippen molar-refractivity contribution in [3.8, 4) is 5.75 Å². The first-order valence-electron chi connectivity index (χ1n) is 7.34.